The van der Waals surface area contributed by atoms with Crippen LogP contribution < -0.4 is 14.3 Å². The van der Waals surface area contributed by atoms with Gasteiger partial charge >= 0.3 is 0 Å². The van der Waals surface area contributed by atoms with Crippen LogP contribution in [0.25, 0.3) is 83.3 Å². The zero-order valence-electron chi connectivity index (χ0n) is 40.0. The van der Waals surface area contributed by atoms with Gasteiger partial charge in [0.15, 0.2) is 23.3 Å². The first kappa shape index (κ1) is 41.6. The normalized spacial score (nSPS) is 16.1. The molecule has 10 aromatic rings. The summed E-state index contributed by atoms with van der Waals surface area (Å²) in [6, 6.07) is 60.1. The molecule has 0 saturated heterocycles. The standard InChI is InChI=1S/C62H60N4Si/c1-39(2)46-24-18-25-47(40(3)4)61(46)66-56-28-17-16-27-55(56)64-41(5)35-58-50(51-33-29-42-19-12-13-22-48(42)60(51)57-34-31-45(38-63(57)58)67(6,7)8)32-30-43-36-59-53(37-52(43)62(64)66)49-23-14-15-26-54(49)65(59)44-20-10-9-11-21-44/h9-29,31,33-34,36-40,50,58H,5,30,32,35H2,1-4,6-8H3/q+2. The van der Waals surface area contributed by atoms with Crippen molar-refractivity contribution in [2.45, 2.75) is 90.4 Å². The van der Waals surface area contributed by atoms with E-state index in [1.165, 1.54) is 105 Å². The number of rotatable bonds is 5. The highest BCUT2D eigenvalue weighted by atomic mass is 28.3. The lowest BCUT2D eigenvalue weighted by atomic mass is 9.76. The van der Waals surface area contributed by atoms with Crippen molar-refractivity contribution in [2.24, 2.45) is 0 Å². The van der Waals surface area contributed by atoms with Gasteiger partial charge in [0, 0.05) is 44.8 Å². The first-order valence-electron chi connectivity index (χ1n) is 24.5. The van der Waals surface area contributed by atoms with Crippen molar-refractivity contribution in [3.63, 3.8) is 0 Å². The summed E-state index contributed by atoms with van der Waals surface area (Å²) >= 11 is 0. The van der Waals surface area contributed by atoms with Crippen molar-refractivity contribution < 1.29 is 9.13 Å². The molecular formula is C62H60N4Si+2. The van der Waals surface area contributed by atoms with Crippen molar-refractivity contribution >= 4 is 62.6 Å². The van der Waals surface area contributed by atoms with Gasteiger partial charge in [0.2, 0.25) is 5.69 Å². The molecule has 2 aliphatic rings. The summed E-state index contributed by atoms with van der Waals surface area (Å²) in [6.07, 6.45) is 5.27. The van der Waals surface area contributed by atoms with Crippen LogP contribution in [0, 0.1) is 0 Å². The third-order valence-corrected chi connectivity index (χ3v) is 17.3. The third kappa shape index (κ3) is 6.45. The maximum absolute atomic E-state index is 5.21. The minimum Gasteiger partial charge on any atom is -0.309 e. The highest BCUT2D eigenvalue weighted by molar-refractivity contribution is 6.88. The molecule has 0 saturated carbocycles. The number of aromatic nitrogens is 4. The molecule has 0 aliphatic carbocycles. The van der Waals surface area contributed by atoms with E-state index < -0.39 is 8.07 Å². The number of imidazole rings is 1. The SMILES string of the molecule is C=C1CC2C(CCc3cc4c(cc3-c3n(-c5c(C(C)C)cccc5C(C)C)c5ccccc5[n+]31)c1ccccc1n4-c1ccccc1)c1ccc3ccccc3c1-c1ccc([Si](C)(C)C)c[n+]12. The minimum atomic E-state index is -1.69. The fourth-order valence-corrected chi connectivity index (χ4v) is 13.1. The van der Waals surface area contributed by atoms with Crippen molar-refractivity contribution in [1.29, 1.82) is 0 Å². The topological polar surface area (TPSA) is 17.6 Å². The first-order chi connectivity index (χ1) is 32.5. The molecule has 2 atom stereocenters. The van der Waals surface area contributed by atoms with Gasteiger partial charge in [0.25, 0.3) is 5.82 Å². The van der Waals surface area contributed by atoms with Crippen molar-refractivity contribution in [1.82, 2.24) is 9.13 Å². The molecule has 2 aliphatic heterocycles. The van der Waals surface area contributed by atoms with Gasteiger partial charge in [0.1, 0.15) is 11.4 Å². The van der Waals surface area contributed by atoms with Gasteiger partial charge < -0.3 is 4.57 Å². The Morgan fingerprint density at radius 2 is 1.31 bits per heavy atom. The van der Waals surface area contributed by atoms with E-state index in [0.29, 0.717) is 11.8 Å². The number of pyridine rings is 1. The molecule has 7 aromatic carbocycles. The van der Waals surface area contributed by atoms with Crippen LogP contribution in [0.15, 0.2) is 171 Å². The summed E-state index contributed by atoms with van der Waals surface area (Å²) in [5.74, 6) is 2.07. The minimum absolute atomic E-state index is 0.158. The summed E-state index contributed by atoms with van der Waals surface area (Å²) in [4.78, 5) is 0. The van der Waals surface area contributed by atoms with E-state index in [1.807, 2.05) is 0 Å². The van der Waals surface area contributed by atoms with E-state index in [2.05, 4.69) is 230 Å². The Labute approximate surface area is 396 Å². The molecule has 12 rings (SSSR count). The van der Waals surface area contributed by atoms with Gasteiger partial charge in [-0.2, -0.15) is 13.7 Å². The Morgan fingerprint density at radius 1 is 0.627 bits per heavy atom. The van der Waals surface area contributed by atoms with Crippen LogP contribution in [-0.4, -0.2) is 17.2 Å². The van der Waals surface area contributed by atoms with Gasteiger partial charge in [0.05, 0.1) is 36.7 Å². The van der Waals surface area contributed by atoms with E-state index in [9.17, 15) is 0 Å². The van der Waals surface area contributed by atoms with E-state index in [-0.39, 0.29) is 12.0 Å². The van der Waals surface area contributed by atoms with E-state index in [4.69, 9.17) is 6.58 Å². The van der Waals surface area contributed by atoms with Crippen LogP contribution in [0.3, 0.4) is 0 Å². The van der Waals surface area contributed by atoms with Gasteiger partial charge in [-0.1, -0.05) is 163 Å². The molecule has 67 heavy (non-hydrogen) atoms. The lowest BCUT2D eigenvalue weighted by molar-refractivity contribution is -0.719. The molecule has 0 N–H and O–H groups in total. The monoisotopic (exact) mass is 888 g/mol. The average Bonchev–Trinajstić information content (AvgIpc) is 3.85. The second kappa shape index (κ2) is 15.6. The van der Waals surface area contributed by atoms with Crippen LogP contribution >= 0.6 is 0 Å². The maximum atomic E-state index is 5.21. The maximum Gasteiger partial charge on any atom is 0.300 e. The van der Waals surface area contributed by atoms with E-state index in [1.54, 1.807) is 0 Å². The van der Waals surface area contributed by atoms with Crippen LogP contribution in [-0.2, 0) is 6.42 Å². The molecule has 0 spiro atoms. The molecule has 0 fully saturated rings. The second-order valence-corrected chi connectivity index (χ2v) is 26.1. The Morgan fingerprint density at radius 3 is 2.06 bits per heavy atom. The summed E-state index contributed by atoms with van der Waals surface area (Å²) in [6.45, 7) is 22.1. The lowest BCUT2D eigenvalue weighted by Crippen LogP contribution is -2.53. The summed E-state index contributed by atoms with van der Waals surface area (Å²) in [5.41, 5.74) is 18.0. The molecule has 0 bridgehead atoms. The molecule has 5 heteroatoms. The van der Waals surface area contributed by atoms with Crippen molar-refractivity contribution in [3.05, 3.63) is 193 Å². The lowest BCUT2D eigenvalue weighted by Gasteiger charge is -2.33. The van der Waals surface area contributed by atoms with Crippen LogP contribution in [0.4, 0.5) is 0 Å². The fourth-order valence-electron chi connectivity index (χ4n) is 12.0. The van der Waals surface area contributed by atoms with E-state index >= 15 is 0 Å². The number of benzene rings is 7. The molecule has 330 valence electrons. The third-order valence-electron chi connectivity index (χ3n) is 15.3. The quantitative estimate of drug-likeness (QED) is 0.121. The number of allylic oxidation sites excluding steroid dienone is 1. The average molecular weight is 889 g/mol. The number of aryl methyl sites for hydroxylation is 1. The molecule has 5 heterocycles. The first-order valence-corrected chi connectivity index (χ1v) is 28.0. The zero-order valence-corrected chi connectivity index (χ0v) is 41.0. The van der Waals surface area contributed by atoms with Crippen molar-refractivity contribution in [3.8, 4) is 34.0 Å². The van der Waals surface area contributed by atoms with Crippen LogP contribution in [0.5, 0.6) is 0 Å². The predicted molar refractivity (Wildman–Crippen MR) is 284 cm³/mol. The number of nitrogens with zero attached hydrogens (tertiary/aromatic N) is 4. The highest BCUT2D eigenvalue weighted by Crippen LogP contribution is 2.48. The number of hydrogen-bond acceptors (Lipinski definition) is 0. The molecule has 3 aromatic heterocycles. The van der Waals surface area contributed by atoms with E-state index in [0.717, 1.165) is 25.0 Å². The van der Waals surface area contributed by atoms with Gasteiger partial charge in [-0.15, -0.1) is 0 Å². The number of para-hydroxylation sites is 5. The zero-order chi connectivity index (χ0) is 45.9. The Kier molecular flexibility index (Phi) is 9.71. The summed E-state index contributed by atoms with van der Waals surface area (Å²) in [7, 11) is -1.69. The Bertz CT molecular complexity index is 3610. The van der Waals surface area contributed by atoms with Gasteiger partial charge in [-0.3, -0.25) is 0 Å². The highest BCUT2D eigenvalue weighted by Gasteiger charge is 2.45. The number of hydrogen-bond donors (Lipinski definition) is 0. The van der Waals surface area contributed by atoms with Crippen LogP contribution in [0.2, 0.25) is 19.6 Å². The second-order valence-electron chi connectivity index (χ2n) is 21.0. The number of fused-ring (bicyclic) bond motifs is 16. The van der Waals surface area contributed by atoms with Gasteiger partial charge in [-0.25, -0.2) is 0 Å². The molecule has 0 amide bonds. The van der Waals surface area contributed by atoms with Crippen molar-refractivity contribution in [2.75, 3.05) is 0 Å². The Balaban J connectivity index is 1.22. The largest absolute Gasteiger partial charge is 0.309 e. The van der Waals surface area contributed by atoms with Gasteiger partial charge in [-0.05, 0) is 89.0 Å². The predicted octanol–water partition coefficient (Wildman–Crippen LogP) is 14.7. The Hall–Kier alpha value is -6.82. The molecule has 0 radical (unpaired) electrons. The fraction of sp³-hybridized carbons (Fsp3) is 0.226. The summed E-state index contributed by atoms with van der Waals surface area (Å²) in [5, 5.41) is 6.64. The smallest absolute Gasteiger partial charge is 0.300 e. The molecule has 4 nitrogen and oxygen atoms in total. The molecular weight excluding hydrogens is 829 g/mol. The molecule has 2 unspecified atom stereocenters. The summed E-state index contributed by atoms with van der Waals surface area (Å²) < 4.78 is 10.4. The van der Waals surface area contributed by atoms with Crippen LogP contribution in [0.1, 0.15) is 86.6 Å².